The molecule has 0 bridgehead atoms. The maximum atomic E-state index is 12.1. The summed E-state index contributed by atoms with van der Waals surface area (Å²) in [5, 5.41) is 9.55. The monoisotopic (exact) mass is 324 g/mol. The van der Waals surface area contributed by atoms with Crippen LogP contribution in [0.4, 0.5) is 10.6 Å². The van der Waals surface area contributed by atoms with E-state index < -0.39 is 0 Å². The van der Waals surface area contributed by atoms with Crippen molar-refractivity contribution in [2.24, 2.45) is 0 Å². The number of urea groups is 1. The number of hydrogen-bond acceptors (Lipinski definition) is 5. The van der Waals surface area contributed by atoms with Gasteiger partial charge in [-0.15, -0.1) is 0 Å². The number of aryl methyl sites for hydroxylation is 1. The van der Waals surface area contributed by atoms with Gasteiger partial charge < -0.3 is 9.84 Å². The zero-order valence-electron chi connectivity index (χ0n) is 13.1. The Kier molecular flexibility index (Phi) is 4.93. The Morgan fingerprint density at radius 1 is 1.41 bits per heavy atom. The van der Waals surface area contributed by atoms with E-state index in [9.17, 15) is 4.79 Å². The molecule has 2 N–H and O–H groups in total. The highest BCUT2D eigenvalue weighted by Crippen LogP contribution is 2.36. The van der Waals surface area contributed by atoms with Gasteiger partial charge in [0.2, 0.25) is 0 Å². The van der Waals surface area contributed by atoms with Crippen molar-refractivity contribution >= 4 is 23.6 Å². The van der Waals surface area contributed by atoms with E-state index in [2.05, 4.69) is 20.7 Å². The van der Waals surface area contributed by atoms with Crippen molar-refractivity contribution in [1.29, 1.82) is 0 Å². The first kappa shape index (κ1) is 15.7. The summed E-state index contributed by atoms with van der Waals surface area (Å²) in [7, 11) is 0. The molecule has 0 spiro atoms. The molecule has 1 aliphatic carbocycles. The van der Waals surface area contributed by atoms with Crippen molar-refractivity contribution < 1.29 is 9.32 Å². The minimum Gasteiger partial charge on any atom is -0.360 e. The van der Waals surface area contributed by atoms with Gasteiger partial charge >= 0.3 is 6.03 Å². The number of nitrogens with zero attached hydrogens (tertiary/aromatic N) is 2. The molecule has 0 unspecified atom stereocenters. The molecule has 2 fully saturated rings. The highest BCUT2D eigenvalue weighted by Gasteiger charge is 2.40. The zero-order chi connectivity index (χ0) is 15.4. The number of hydrogen-bond donors (Lipinski definition) is 2. The second-order valence-electron chi connectivity index (χ2n) is 6.16. The number of carbonyl (C=O) groups excluding carboxylic acids is 1. The van der Waals surface area contributed by atoms with Crippen LogP contribution in [0.25, 0.3) is 0 Å². The molecule has 2 amide bonds. The van der Waals surface area contributed by atoms with Gasteiger partial charge in [0.05, 0.1) is 0 Å². The lowest BCUT2D eigenvalue weighted by molar-refractivity contribution is 0.105. The molecule has 0 radical (unpaired) electrons. The average molecular weight is 324 g/mol. The predicted molar refractivity (Wildman–Crippen MR) is 88.4 cm³/mol. The van der Waals surface area contributed by atoms with Crippen LogP contribution in [-0.2, 0) is 0 Å². The molecule has 122 valence electrons. The van der Waals surface area contributed by atoms with Crippen LogP contribution >= 0.6 is 11.8 Å². The first-order valence-corrected chi connectivity index (χ1v) is 9.14. The van der Waals surface area contributed by atoms with Crippen molar-refractivity contribution in [3.63, 3.8) is 0 Å². The van der Waals surface area contributed by atoms with Crippen LogP contribution in [0.1, 0.15) is 31.4 Å². The molecule has 1 saturated carbocycles. The smallest absolute Gasteiger partial charge is 0.320 e. The quantitative estimate of drug-likeness (QED) is 0.890. The standard InChI is InChI=1S/C15H24N4O2S/c1-12-10-13(18-21-12)17-14(20)16-11-15(4-2-3-5-15)19-6-8-22-9-7-19/h10H,2-9,11H2,1H3,(H2,16,17,18,20). The van der Waals surface area contributed by atoms with Crippen LogP contribution in [-0.4, -0.2) is 52.8 Å². The maximum Gasteiger partial charge on any atom is 0.320 e. The fourth-order valence-electron chi connectivity index (χ4n) is 3.51. The average Bonchev–Trinajstić information content (AvgIpc) is 3.16. The number of thioether (sulfide) groups is 1. The summed E-state index contributed by atoms with van der Waals surface area (Å²) in [6.45, 7) is 4.78. The Morgan fingerprint density at radius 3 is 2.77 bits per heavy atom. The Bertz CT molecular complexity index is 507. The molecule has 3 rings (SSSR count). The number of nitrogens with one attached hydrogen (secondary N) is 2. The summed E-state index contributed by atoms with van der Waals surface area (Å²) in [5.74, 6) is 3.55. The molecule has 2 aliphatic rings. The van der Waals surface area contributed by atoms with E-state index in [1.807, 2.05) is 11.8 Å². The molecular weight excluding hydrogens is 300 g/mol. The van der Waals surface area contributed by atoms with Gasteiger partial charge in [-0.25, -0.2) is 4.79 Å². The van der Waals surface area contributed by atoms with Crippen molar-refractivity contribution in [3.05, 3.63) is 11.8 Å². The fourth-order valence-corrected chi connectivity index (χ4v) is 4.41. The molecule has 6 nitrogen and oxygen atoms in total. The Balaban J connectivity index is 1.56. The van der Waals surface area contributed by atoms with Crippen LogP contribution < -0.4 is 10.6 Å². The van der Waals surface area contributed by atoms with Crippen LogP contribution in [0.15, 0.2) is 10.6 Å². The summed E-state index contributed by atoms with van der Waals surface area (Å²) in [5.41, 5.74) is 0.151. The van der Waals surface area contributed by atoms with E-state index in [1.54, 1.807) is 13.0 Å². The molecule has 7 heteroatoms. The van der Waals surface area contributed by atoms with E-state index in [0.717, 1.165) is 13.1 Å². The zero-order valence-corrected chi connectivity index (χ0v) is 13.9. The van der Waals surface area contributed by atoms with Gasteiger partial charge in [0.1, 0.15) is 5.76 Å². The lowest BCUT2D eigenvalue weighted by Gasteiger charge is -2.43. The highest BCUT2D eigenvalue weighted by atomic mass is 32.2. The predicted octanol–water partition coefficient (Wildman–Crippen LogP) is 2.47. The molecule has 2 heterocycles. The van der Waals surface area contributed by atoms with Crippen LogP contribution in [0, 0.1) is 6.92 Å². The number of amides is 2. The van der Waals surface area contributed by atoms with E-state index >= 15 is 0 Å². The van der Waals surface area contributed by atoms with Crippen LogP contribution in [0.5, 0.6) is 0 Å². The topological polar surface area (TPSA) is 70.4 Å². The molecule has 1 aromatic rings. The van der Waals surface area contributed by atoms with Crippen LogP contribution in [0.2, 0.25) is 0 Å². The van der Waals surface area contributed by atoms with Gasteiger partial charge in [0.25, 0.3) is 0 Å². The van der Waals surface area contributed by atoms with Crippen molar-refractivity contribution in [2.75, 3.05) is 36.5 Å². The van der Waals surface area contributed by atoms with Gasteiger partial charge in [-0.05, 0) is 19.8 Å². The third-order valence-corrected chi connectivity index (χ3v) is 5.61. The SMILES string of the molecule is Cc1cc(NC(=O)NCC2(N3CCSCC3)CCCC2)no1. The summed E-state index contributed by atoms with van der Waals surface area (Å²) in [6, 6.07) is 1.51. The van der Waals surface area contributed by atoms with E-state index in [0.29, 0.717) is 18.1 Å². The van der Waals surface area contributed by atoms with Crippen molar-refractivity contribution in [2.45, 2.75) is 38.1 Å². The number of carbonyl (C=O) groups is 1. The maximum absolute atomic E-state index is 12.1. The molecule has 1 aromatic heterocycles. The molecule has 0 aromatic carbocycles. The van der Waals surface area contributed by atoms with Gasteiger partial charge in [0.15, 0.2) is 5.82 Å². The molecule has 1 saturated heterocycles. The first-order valence-electron chi connectivity index (χ1n) is 7.99. The summed E-state index contributed by atoms with van der Waals surface area (Å²) in [4.78, 5) is 14.7. The number of aromatic nitrogens is 1. The lowest BCUT2D eigenvalue weighted by Crippen LogP contribution is -2.56. The first-order chi connectivity index (χ1) is 10.7. The molecular formula is C15H24N4O2S. The molecule has 22 heavy (non-hydrogen) atoms. The van der Waals surface area contributed by atoms with Crippen molar-refractivity contribution in [3.8, 4) is 0 Å². The molecule has 1 aliphatic heterocycles. The third kappa shape index (κ3) is 3.57. The number of anilines is 1. The summed E-state index contributed by atoms with van der Waals surface area (Å²) in [6.07, 6.45) is 4.88. The van der Waals surface area contributed by atoms with E-state index in [-0.39, 0.29) is 11.6 Å². The lowest BCUT2D eigenvalue weighted by atomic mass is 9.94. The highest BCUT2D eigenvalue weighted by molar-refractivity contribution is 7.99. The third-order valence-electron chi connectivity index (χ3n) is 4.66. The largest absolute Gasteiger partial charge is 0.360 e. The summed E-state index contributed by atoms with van der Waals surface area (Å²) < 4.78 is 4.96. The van der Waals surface area contributed by atoms with Gasteiger partial charge in [0, 0.05) is 42.7 Å². The van der Waals surface area contributed by atoms with Gasteiger partial charge in [-0.3, -0.25) is 10.2 Å². The fraction of sp³-hybridized carbons (Fsp3) is 0.733. The van der Waals surface area contributed by atoms with E-state index in [1.165, 1.54) is 37.2 Å². The Morgan fingerprint density at radius 2 is 2.14 bits per heavy atom. The Labute approximate surface area is 135 Å². The second-order valence-corrected chi connectivity index (χ2v) is 7.39. The van der Waals surface area contributed by atoms with Gasteiger partial charge in [-0.1, -0.05) is 18.0 Å². The second kappa shape index (κ2) is 6.91. The summed E-state index contributed by atoms with van der Waals surface area (Å²) >= 11 is 2.02. The minimum absolute atomic E-state index is 0.151. The van der Waals surface area contributed by atoms with Gasteiger partial charge in [-0.2, -0.15) is 11.8 Å². The Hall–Kier alpha value is -1.21. The minimum atomic E-state index is -0.203. The van der Waals surface area contributed by atoms with E-state index in [4.69, 9.17) is 4.52 Å². The molecule has 0 atom stereocenters. The normalized spacial score (nSPS) is 21.7. The van der Waals surface area contributed by atoms with Crippen LogP contribution in [0.3, 0.4) is 0 Å². The number of rotatable bonds is 4. The van der Waals surface area contributed by atoms with Crippen molar-refractivity contribution in [1.82, 2.24) is 15.4 Å².